The number of halogens is 2. The molecule has 1 rings (SSSR count). The summed E-state index contributed by atoms with van der Waals surface area (Å²) < 4.78 is 26.2. The smallest absolute Gasteiger partial charge is 0.126 e. The Bertz CT molecular complexity index is 331. The number of hydrogen-bond acceptors (Lipinski definition) is 2. The Morgan fingerprint density at radius 3 is 2.81 bits per heavy atom. The van der Waals surface area contributed by atoms with Gasteiger partial charge in [-0.25, -0.2) is 8.78 Å². The number of thioether (sulfide) groups is 1. The van der Waals surface area contributed by atoms with E-state index >= 15 is 0 Å². The molecule has 0 aromatic heterocycles. The minimum atomic E-state index is -0.412. The molecule has 2 N–H and O–H groups in total. The van der Waals surface area contributed by atoms with Crippen molar-refractivity contribution < 1.29 is 8.78 Å². The van der Waals surface area contributed by atoms with Crippen molar-refractivity contribution in [1.82, 2.24) is 0 Å². The van der Waals surface area contributed by atoms with Crippen LogP contribution in [0, 0.1) is 11.6 Å². The summed E-state index contributed by atoms with van der Waals surface area (Å²) >= 11 is 1.75. The summed E-state index contributed by atoms with van der Waals surface area (Å²) in [4.78, 5) is 0. The standard InChI is InChI=1S/C12H17F2NS/c1-2-5-16-8-11(15)7-9-6-10(13)3-4-12(9)14/h3-4,6,11H,2,5,7-8,15H2,1H3. The second-order valence-corrected chi connectivity index (χ2v) is 4.92. The summed E-state index contributed by atoms with van der Waals surface area (Å²) in [5.41, 5.74) is 6.22. The Hall–Kier alpha value is -0.610. The molecule has 1 unspecified atom stereocenters. The van der Waals surface area contributed by atoms with Crippen molar-refractivity contribution in [2.45, 2.75) is 25.8 Å². The molecule has 1 aromatic rings. The van der Waals surface area contributed by atoms with Gasteiger partial charge in [0, 0.05) is 11.8 Å². The van der Waals surface area contributed by atoms with Crippen molar-refractivity contribution in [2.75, 3.05) is 11.5 Å². The van der Waals surface area contributed by atoms with Gasteiger partial charge in [0.1, 0.15) is 11.6 Å². The van der Waals surface area contributed by atoms with Crippen LogP contribution in [0.2, 0.25) is 0 Å². The molecule has 90 valence electrons. The average Bonchev–Trinajstić information content (AvgIpc) is 2.24. The van der Waals surface area contributed by atoms with E-state index < -0.39 is 5.82 Å². The maximum absolute atomic E-state index is 13.3. The first-order valence-electron chi connectivity index (χ1n) is 5.40. The van der Waals surface area contributed by atoms with Crippen molar-refractivity contribution in [3.8, 4) is 0 Å². The third-order valence-electron chi connectivity index (χ3n) is 2.17. The summed E-state index contributed by atoms with van der Waals surface area (Å²) in [6.45, 7) is 2.10. The molecule has 0 radical (unpaired) electrons. The van der Waals surface area contributed by atoms with Gasteiger partial charge in [-0.1, -0.05) is 6.92 Å². The fraction of sp³-hybridized carbons (Fsp3) is 0.500. The predicted molar refractivity (Wildman–Crippen MR) is 65.7 cm³/mol. The second-order valence-electron chi connectivity index (χ2n) is 3.77. The van der Waals surface area contributed by atoms with E-state index in [4.69, 9.17) is 5.73 Å². The quantitative estimate of drug-likeness (QED) is 0.780. The van der Waals surface area contributed by atoms with E-state index in [9.17, 15) is 8.78 Å². The van der Waals surface area contributed by atoms with Gasteiger partial charge >= 0.3 is 0 Å². The zero-order chi connectivity index (χ0) is 12.0. The van der Waals surface area contributed by atoms with Crippen LogP contribution in [-0.4, -0.2) is 17.5 Å². The highest BCUT2D eigenvalue weighted by Crippen LogP contribution is 2.13. The lowest BCUT2D eigenvalue weighted by atomic mass is 10.1. The van der Waals surface area contributed by atoms with Crippen LogP contribution in [0.5, 0.6) is 0 Å². The second kappa shape index (κ2) is 6.86. The number of rotatable bonds is 6. The normalized spacial score (nSPS) is 12.8. The molecule has 0 saturated carbocycles. The first-order chi connectivity index (χ1) is 7.63. The van der Waals surface area contributed by atoms with E-state index in [-0.39, 0.29) is 11.9 Å². The van der Waals surface area contributed by atoms with Gasteiger partial charge in [0.2, 0.25) is 0 Å². The van der Waals surface area contributed by atoms with Crippen LogP contribution in [0.1, 0.15) is 18.9 Å². The summed E-state index contributed by atoms with van der Waals surface area (Å²) in [6, 6.07) is 3.37. The minimum Gasteiger partial charge on any atom is -0.327 e. The highest BCUT2D eigenvalue weighted by Gasteiger charge is 2.09. The van der Waals surface area contributed by atoms with Crippen LogP contribution in [0.3, 0.4) is 0 Å². The zero-order valence-corrected chi connectivity index (χ0v) is 10.2. The van der Waals surface area contributed by atoms with Crippen LogP contribution in [0.25, 0.3) is 0 Å². The van der Waals surface area contributed by atoms with Gasteiger partial charge < -0.3 is 5.73 Å². The highest BCUT2D eigenvalue weighted by atomic mass is 32.2. The number of nitrogens with two attached hydrogens (primary N) is 1. The molecule has 0 amide bonds. The topological polar surface area (TPSA) is 26.0 Å². The van der Waals surface area contributed by atoms with Gasteiger partial charge in [-0.05, 0) is 42.4 Å². The molecule has 16 heavy (non-hydrogen) atoms. The van der Waals surface area contributed by atoms with Gasteiger partial charge in [-0.15, -0.1) is 0 Å². The van der Waals surface area contributed by atoms with Crippen molar-refractivity contribution in [3.63, 3.8) is 0 Å². The fourth-order valence-electron chi connectivity index (χ4n) is 1.42. The monoisotopic (exact) mass is 245 g/mol. The van der Waals surface area contributed by atoms with Crippen molar-refractivity contribution >= 4 is 11.8 Å². The molecule has 0 spiro atoms. The molecule has 0 saturated heterocycles. The van der Waals surface area contributed by atoms with Crippen LogP contribution in [0.4, 0.5) is 8.78 Å². The Balaban J connectivity index is 2.48. The molecular formula is C12H17F2NS. The van der Waals surface area contributed by atoms with Crippen LogP contribution in [0.15, 0.2) is 18.2 Å². The van der Waals surface area contributed by atoms with E-state index in [1.165, 1.54) is 6.07 Å². The lowest BCUT2D eigenvalue weighted by Crippen LogP contribution is -2.26. The Labute approximate surface area is 99.4 Å². The minimum absolute atomic E-state index is 0.118. The van der Waals surface area contributed by atoms with Crippen molar-refractivity contribution in [1.29, 1.82) is 0 Å². The van der Waals surface area contributed by atoms with E-state index in [2.05, 4.69) is 6.92 Å². The molecule has 0 aliphatic heterocycles. The molecule has 1 nitrogen and oxygen atoms in total. The third-order valence-corrected chi connectivity index (χ3v) is 3.53. The van der Waals surface area contributed by atoms with Crippen molar-refractivity contribution in [2.24, 2.45) is 5.73 Å². The first kappa shape index (κ1) is 13.5. The van der Waals surface area contributed by atoms with E-state index in [1.807, 2.05) is 0 Å². The molecule has 4 heteroatoms. The Morgan fingerprint density at radius 2 is 2.12 bits per heavy atom. The molecule has 1 atom stereocenters. The largest absolute Gasteiger partial charge is 0.327 e. The Kier molecular flexibility index (Phi) is 5.77. The van der Waals surface area contributed by atoms with E-state index in [0.29, 0.717) is 12.0 Å². The summed E-state index contributed by atoms with van der Waals surface area (Å²) in [5, 5.41) is 0. The molecule has 0 aliphatic rings. The molecular weight excluding hydrogens is 228 g/mol. The first-order valence-corrected chi connectivity index (χ1v) is 6.56. The molecule has 0 fully saturated rings. The summed E-state index contributed by atoms with van der Waals surface area (Å²) in [7, 11) is 0. The van der Waals surface area contributed by atoms with E-state index in [1.54, 1.807) is 11.8 Å². The molecule has 0 heterocycles. The van der Waals surface area contributed by atoms with Crippen LogP contribution < -0.4 is 5.73 Å². The Morgan fingerprint density at radius 1 is 1.38 bits per heavy atom. The molecule has 1 aromatic carbocycles. The maximum Gasteiger partial charge on any atom is 0.126 e. The van der Waals surface area contributed by atoms with Gasteiger partial charge in [0.05, 0.1) is 0 Å². The van der Waals surface area contributed by atoms with Gasteiger partial charge in [-0.2, -0.15) is 11.8 Å². The summed E-state index contributed by atoms with van der Waals surface area (Å²) in [6.07, 6.45) is 1.49. The SMILES string of the molecule is CCCSCC(N)Cc1cc(F)ccc1F. The highest BCUT2D eigenvalue weighted by molar-refractivity contribution is 7.99. The average molecular weight is 245 g/mol. The molecule has 0 bridgehead atoms. The zero-order valence-electron chi connectivity index (χ0n) is 9.38. The lowest BCUT2D eigenvalue weighted by molar-refractivity contribution is 0.576. The van der Waals surface area contributed by atoms with Gasteiger partial charge in [0.25, 0.3) is 0 Å². The lowest BCUT2D eigenvalue weighted by Gasteiger charge is -2.11. The van der Waals surface area contributed by atoms with Crippen LogP contribution >= 0.6 is 11.8 Å². The third kappa shape index (κ3) is 4.49. The van der Waals surface area contributed by atoms with Gasteiger partial charge in [0.15, 0.2) is 0 Å². The molecule has 0 aliphatic carbocycles. The maximum atomic E-state index is 13.3. The van der Waals surface area contributed by atoms with Crippen molar-refractivity contribution in [3.05, 3.63) is 35.4 Å². The van der Waals surface area contributed by atoms with Crippen LogP contribution in [-0.2, 0) is 6.42 Å². The van der Waals surface area contributed by atoms with Gasteiger partial charge in [-0.3, -0.25) is 0 Å². The van der Waals surface area contributed by atoms with E-state index in [0.717, 1.165) is 30.1 Å². The number of benzene rings is 1. The number of hydrogen-bond donors (Lipinski definition) is 1. The fourth-order valence-corrected chi connectivity index (χ4v) is 2.30. The predicted octanol–water partition coefficient (Wildman–Crippen LogP) is 2.98. The summed E-state index contributed by atoms with van der Waals surface area (Å²) in [5.74, 6) is 1.05.